The minimum Gasteiger partial charge on any atom is -0.395 e. The van der Waals surface area contributed by atoms with Crippen LogP contribution in [0.1, 0.15) is 5.56 Å². The molecular formula is C15H16N4O5. The summed E-state index contributed by atoms with van der Waals surface area (Å²) in [5.41, 5.74) is 1.86. The van der Waals surface area contributed by atoms with Crippen LogP contribution in [0.15, 0.2) is 42.5 Å². The van der Waals surface area contributed by atoms with Crippen LogP contribution in [0.5, 0.6) is 0 Å². The molecule has 0 spiro atoms. The van der Waals surface area contributed by atoms with Gasteiger partial charge in [0.05, 0.1) is 27.8 Å². The van der Waals surface area contributed by atoms with Gasteiger partial charge in [-0.25, -0.2) is 0 Å². The highest BCUT2D eigenvalue weighted by atomic mass is 16.6. The number of aliphatic hydroxyl groups is 1. The van der Waals surface area contributed by atoms with Crippen LogP contribution in [0.25, 0.3) is 0 Å². The van der Waals surface area contributed by atoms with Gasteiger partial charge in [0.25, 0.3) is 11.4 Å². The zero-order valence-corrected chi connectivity index (χ0v) is 12.6. The summed E-state index contributed by atoms with van der Waals surface area (Å²) in [7, 11) is 0. The van der Waals surface area contributed by atoms with Gasteiger partial charge in [-0.3, -0.25) is 20.2 Å². The molecule has 0 saturated heterocycles. The quantitative estimate of drug-likeness (QED) is 0.500. The van der Waals surface area contributed by atoms with Crippen LogP contribution in [-0.2, 0) is 6.54 Å². The molecule has 0 aliphatic carbocycles. The van der Waals surface area contributed by atoms with Crippen molar-refractivity contribution in [1.29, 1.82) is 0 Å². The first-order valence-electron chi connectivity index (χ1n) is 7.11. The van der Waals surface area contributed by atoms with E-state index >= 15 is 0 Å². The van der Waals surface area contributed by atoms with Gasteiger partial charge in [0.15, 0.2) is 0 Å². The first kappa shape index (κ1) is 17.2. The summed E-state index contributed by atoms with van der Waals surface area (Å²) >= 11 is 0. The highest BCUT2D eigenvalue weighted by Gasteiger charge is 2.11. The Morgan fingerprint density at radius 1 is 0.875 bits per heavy atom. The van der Waals surface area contributed by atoms with E-state index < -0.39 is 9.85 Å². The molecule has 0 bridgehead atoms. The van der Waals surface area contributed by atoms with Crippen LogP contribution >= 0.6 is 0 Å². The van der Waals surface area contributed by atoms with Crippen LogP contribution < -0.4 is 10.6 Å². The van der Waals surface area contributed by atoms with E-state index in [1.165, 1.54) is 24.3 Å². The average Bonchev–Trinajstić information content (AvgIpc) is 2.58. The van der Waals surface area contributed by atoms with E-state index in [0.29, 0.717) is 24.5 Å². The van der Waals surface area contributed by atoms with Crippen LogP contribution in [0.4, 0.5) is 22.7 Å². The smallest absolute Gasteiger partial charge is 0.271 e. The molecule has 0 aromatic heterocycles. The summed E-state index contributed by atoms with van der Waals surface area (Å²) in [6.45, 7) is 0.579. The van der Waals surface area contributed by atoms with Gasteiger partial charge in [0, 0.05) is 37.4 Å². The fourth-order valence-corrected chi connectivity index (χ4v) is 2.07. The highest BCUT2D eigenvalue weighted by molar-refractivity contribution is 5.72. The van der Waals surface area contributed by atoms with Crippen molar-refractivity contribution in [3.63, 3.8) is 0 Å². The number of hydrogen-bond donors (Lipinski definition) is 3. The van der Waals surface area contributed by atoms with Gasteiger partial charge in [-0.2, -0.15) is 0 Å². The fraction of sp³-hybridized carbons (Fsp3) is 0.200. The second-order valence-electron chi connectivity index (χ2n) is 4.91. The summed E-state index contributed by atoms with van der Waals surface area (Å²) in [6, 6.07) is 10.4. The number of rotatable bonds is 8. The van der Waals surface area contributed by atoms with Gasteiger partial charge in [-0.1, -0.05) is 12.1 Å². The summed E-state index contributed by atoms with van der Waals surface area (Å²) in [4.78, 5) is 20.6. The maximum absolute atomic E-state index is 10.9. The van der Waals surface area contributed by atoms with Gasteiger partial charge in [0.2, 0.25) is 0 Å². The largest absolute Gasteiger partial charge is 0.395 e. The molecule has 3 N–H and O–H groups in total. The molecule has 0 saturated carbocycles. The topological polar surface area (TPSA) is 131 Å². The van der Waals surface area contributed by atoms with Crippen molar-refractivity contribution in [2.75, 3.05) is 23.8 Å². The number of anilines is 2. The normalized spacial score (nSPS) is 10.2. The number of benzene rings is 2. The minimum atomic E-state index is -0.493. The van der Waals surface area contributed by atoms with Crippen molar-refractivity contribution in [2.45, 2.75) is 6.54 Å². The molecule has 126 valence electrons. The van der Waals surface area contributed by atoms with Gasteiger partial charge in [-0.05, 0) is 11.6 Å². The van der Waals surface area contributed by atoms with Gasteiger partial charge in [-0.15, -0.1) is 0 Å². The molecule has 0 aliphatic rings. The Morgan fingerprint density at radius 3 is 2.08 bits per heavy atom. The Kier molecular flexibility index (Phi) is 5.63. The summed E-state index contributed by atoms with van der Waals surface area (Å²) in [5, 5.41) is 36.5. The van der Waals surface area contributed by atoms with Gasteiger partial charge >= 0.3 is 0 Å². The van der Waals surface area contributed by atoms with E-state index in [4.69, 9.17) is 5.11 Å². The SMILES string of the molecule is O=[N+]([O-])c1ccc(CNc2cc([N+](=O)[O-])ccc2NCCO)cc1. The lowest BCUT2D eigenvalue weighted by Crippen LogP contribution is -2.09. The monoisotopic (exact) mass is 332 g/mol. The minimum absolute atomic E-state index is 0.000555. The standard InChI is InChI=1S/C15H16N4O5/c20-8-7-16-14-6-5-13(19(23)24)9-15(14)17-10-11-1-3-12(4-2-11)18(21)22/h1-6,9,16-17,20H,7-8,10H2. The van der Waals surface area contributed by atoms with E-state index in [1.807, 2.05) is 0 Å². The molecule has 24 heavy (non-hydrogen) atoms. The van der Waals surface area contributed by atoms with Crippen molar-refractivity contribution < 1.29 is 15.0 Å². The Balaban J connectivity index is 2.15. The summed E-state index contributed by atoms with van der Waals surface area (Å²) < 4.78 is 0. The van der Waals surface area contributed by atoms with E-state index in [9.17, 15) is 20.2 Å². The first-order chi connectivity index (χ1) is 11.5. The van der Waals surface area contributed by atoms with Crippen LogP contribution in [0.2, 0.25) is 0 Å². The number of nitro benzene ring substituents is 2. The first-order valence-corrected chi connectivity index (χ1v) is 7.11. The van der Waals surface area contributed by atoms with E-state index in [-0.39, 0.29) is 18.0 Å². The number of aliphatic hydroxyl groups excluding tert-OH is 1. The van der Waals surface area contributed by atoms with Gasteiger partial charge in [0.1, 0.15) is 0 Å². The summed E-state index contributed by atoms with van der Waals surface area (Å²) in [6.07, 6.45) is 0. The highest BCUT2D eigenvalue weighted by Crippen LogP contribution is 2.27. The lowest BCUT2D eigenvalue weighted by molar-refractivity contribution is -0.385. The Bertz CT molecular complexity index is 733. The Labute approximate surface area is 137 Å². The maximum atomic E-state index is 10.9. The summed E-state index contributed by atoms with van der Waals surface area (Å²) in [5.74, 6) is 0. The molecule has 0 aliphatic heterocycles. The van der Waals surface area contributed by atoms with Crippen LogP contribution in [0.3, 0.4) is 0 Å². The molecule has 0 unspecified atom stereocenters. The van der Waals surface area contributed by atoms with E-state index in [0.717, 1.165) is 5.56 Å². The molecule has 2 aromatic rings. The van der Waals surface area contributed by atoms with Crippen molar-refractivity contribution >= 4 is 22.7 Å². The molecular weight excluding hydrogens is 316 g/mol. The number of non-ortho nitro benzene ring substituents is 2. The molecule has 0 amide bonds. The van der Waals surface area contributed by atoms with Gasteiger partial charge < -0.3 is 15.7 Å². The predicted octanol–water partition coefficient (Wildman–Crippen LogP) is 2.52. The van der Waals surface area contributed by atoms with Crippen LogP contribution in [-0.4, -0.2) is 28.1 Å². The Hall–Kier alpha value is -3.20. The van der Waals surface area contributed by atoms with Crippen LogP contribution in [0, 0.1) is 20.2 Å². The molecule has 9 nitrogen and oxygen atoms in total. The Morgan fingerprint density at radius 2 is 1.50 bits per heavy atom. The number of hydrogen-bond acceptors (Lipinski definition) is 7. The predicted molar refractivity (Wildman–Crippen MR) is 89.1 cm³/mol. The zero-order valence-electron chi connectivity index (χ0n) is 12.6. The molecule has 0 radical (unpaired) electrons. The fourth-order valence-electron chi connectivity index (χ4n) is 2.07. The van der Waals surface area contributed by atoms with E-state index in [1.54, 1.807) is 18.2 Å². The van der Waals surface area contributed by atoms with Crippen molar-refractivity contribution in [2.24, 2.45) is 0 Å². The van der Waals surface area contributed by atoms with Crippen molar-refractivity contribution in [3.8, 4) is 0 Å². The molecule has 2 aromatic carbocycles. The van der Waals surface area contributed by atoms with Crippen molar-refractivity contribution in [3.05, 3.63) is 68.3 Å². The molecule has 0 fully saturated rings. The van der Waals surface area contributed by atoms with E-state index in [2.05, 4.69) is 10.6 Å². The van der Waals surface area contributed by atoms with Crippen molar-refractivity contribution in [1.82, 2.24) is 0 Å². The lowest BCUT2D eigenvalue weighted by atomic mass is 10.2. The molecule has 0 heterocycles. The second-order valence-corrected chi connectivity index (χ2v) is 4.91. The molecule has 0 atom stereocenters. The maximum Gasteiger partial charge on any atom is 0.271 e. The third-order valence-corrected chi connectivity index (χ3v) is 3.27. The number of nitrogens with one attached hydrogen (secondary N) is 2. The molecule has 2 rings (SSSR count). The molecule has 9 heteroatoms. The third kappa shape index (κ3) is 4.40. The zero-order chi connectivity index (χ0) is 17.5. The lowest BCUT2D eigenvalue weighted by Gasteiger charge is -2.13. The number of nitro groups is 2. The average molecular weight is 332 g/mol. The number of nitrogens with zero attached hydrogens (tertiary/aromatic N) is 2. The third-order valence-electron chi connectivity index (χ3n) is 3.27. The second kappa shape index (κ2) is 7.88.